The van der Waals surface area contributed by atoms with Crippen LogP contribution in [0, 0.1) is 40.7 Å². The Balaban J connectivity index is 0.000000775. The predicted molar refractivity (Wildman–Crippen MR) is 325 cm³/mol. The standard InChI is InChI=1S/C70H70N6O4.2ClHO4/c1-67(2)61(23-17-25-63-69(39-13-7-14-40-69)55-43-51(75(77)78)33-37-57(55)71(63)5)73(59-35-31-49-19-9-11-21-53(49)65(59)67)45-47-27-29-48(30-28-47)46-74-60-36-32-50-20-10-12-22-54(50)66(60)68(3,4)62(74)24-18-26-64-70(41-15-8-16-42-70)56-44-52(76(79)80)34-38-58(56)72(64)6;2*2-1(3,4)5/h9-12,17-38,43-44H,7-8,13-16,39-42,45-46H2,1-6H3;2*(H,2,3,4,5)/q+2;;/p-2. The van der Waals surface area contributed by atoms with E-state index in [4.69, 9.17) is 37.3 Å². The molecule has 0 saturated heterocycles. The summed E-state index contributed by atoms with van der Waals surface area (Å²) >= 11 is 0. The highest BCUT2D eigenvalue weighted by Gasteiger charge is 2.51. The topological polar surface area (TPSA) is 283 Å². The van der Waals surface area contributed by atoms with Gasteiger partial charge in [-0.15, -0.1) is 20.5 Å². The van der Waals surface area contributed by atoms with Gasteiger partial charge in [0.15, 0.2) is 24.5 Å². The summed E-state index contributed by atoms with van der Waals surface area (Å²) in [5, 5.41) is 29.1. The monoisotopic (exact) mass is 1260 g/mol. The highest BCUT2D eigenvalue weighted by atomic mass is 35.7. The van der Waals surface area contributed by atoms with E-state index in [2.05, 4.69) is 194 Å². The third-order valence-corrected chi connectivity index (χ3v) is 19.5. The van der Waals surface area contributed by atoms with Gasteiger partial charge < -0.3 is 9.80 Å². The molecule has 20 heteroatoms. The molecule has 2 fully saturated rings. The number of fused-ring (bicyclic) bond motifs is 10. The van der Waals surface area contributed by atoms with Crippen molar-refractivity contribution in [2.45, 2.75) is 127 Å². The van der Waals surface area contributed by atoms with Gasteiger partial charge in [0.05, 0.1) is 20.7 Å². The molecule has 2 spiro atoms. The third-order valence-electron chi connectivity index (χ3n) is 19.5. The Hall–Kier alpha value is -7.98. The van der Waals surface area contributed by atoms with Crippen molar-refractivity contribution in [1.29, 1.82) is 0 Å². The second kappa shape index (κ2) is 24.3. The molecule has 2 aliphatic carbocycles. The van der Waals surface area contributed by atoms with Gasteiger partial charge in [-0.2, -0.15) is 9.15 Å². The lowest BCUT2D eigenvalue weighted by Gasteiger charge is -2.36. The molecule has 0 amide bonds. The van der Waals surface area contributed by atoms with Crippen molar-refractivity contribution in [3.8, 4) is 0 Å². The van der Waals surface area contributed by atoms with Crippen molar-refractivity contribution in [2.75, 3.05) is 23.9 Å². The largest absolute Gasteiger partial charge is 0.347 e. The van der Waals surface area contributed by atoms with Gasteiger partial charge in [-0.25, -0.2) is 37.3 Å². The van der Waals surface area contributed by atoms with Gasteiger partial charge in [0.2, 0.25) is 11.4 Å². The van der Waals surface area contributed by atoms with Crippen LogP contribution >= 0.6 is 0 Å². The summed E-state index contributed by atoms with van der Waals surface area (Å²) in [4.78, 5) is 28.1. The van der Waals surface area contributed by atoms with Crippen LogP contribution in [0.4, 0.5) is 34.1 Å². The van der Waals surface area contributed by atoms with Crippen LogP contribution < -0.4 is 47.1 Å². The van der Waals surface area contributed by atoms with E-state index in [1.54, 1.807) is 12.1 Å². The van der Waals surface area contributed by atoms with Crippen LogP contribution in [0.5, 0.6) is 0 Å². The molecule has 7 aromatic rings. The highest BCUT2D eigenvalue weighted by Crippen LogP contribution is 2.57. The van der Waals surface area contributed by atoms with Crippen molar-refractivity contribution in [3.63, 3.8) is 0 Å². The number of nitrogens with zero attached hydrogens (tertiary/aromatic N) is 6. The Morgan fingerprint density at radius 3 is 1.17 bits per heavy atom. The lowest BCUT2D eigenvalue weighted by Crippen LogP contribution is -2.68. The fourth-order valence-electron chi connectivity index (χ4n) is 15.7. The molecular weight excluding hydrogens is 1190 g/mol. The summed E-state index contributed by atoms with van der Waals surface area (Å²) < 4.78 is 73.0. The van der Waals surface area contributed by atoms with Crippen LogP contribution in [-0.2, 0) is 34.7 Å². The smallest absolute Gasteiger partial charge is 0.269 e. The van der Waals surface area contributed by atoms with E-state index >= 15 is 0 Å². The number of allylic oxidation sites excluding steroid dienone is 8. The summed E-state index contributed by atoms with van der Waals surface area (Å²) in [6, 6.07) is 46.7. The van der Waals surface area contributed by atoms with Crippen molar-refractivity contribution >= 4 is 67.1 Å². The molecule has 0 unspecified atom stereocenters. The number of likely N-dealkylation sites (N-methyl/N-ethyl adjacent to an activating group) is 2. The van der Waals surface area contributed by atoms with Crippen LogP contribution in [0.3, 0.4) is 0 Å². The molecule has 0 aromatic heterocycles. The number of nitro benzene ring substituents is 2. The number of hydrogen-bond acceptors (Lipinski definition) is 14. The number of benzene rings is 7. The molecular formula is C70H70Cl2N6O12. The van der Waals surface area contributed by atoms with Gasteiger partial charge in [0.1, 0.15) is 0 Å². The average molecular weight is 1260 g/mol. The third kappa shape index (κ3) is 12.0. The molecule has 13 rings (SSSR count). The van der Waals surface area contributed by atoms with Gasteiger partial charge in [-0.1, -0.05) is 123 Å². The number of hydrogen-bond donors (Lipinski definition) is 0. The molecule has 0 bridgehead atoms. The van der Waals surface area contributed by atoms with Gasteiger partial charge in [-0.3, -0.25) is 20.2 Å². The van der Waals surface area contributed by atoms with Crippen molar-refractivity contribution < 1.29 is 76.8 Å². The van der Waals surface area contributed by atoms with Crippen LogP contribution in [0.2, 0.25) is 0 Å². The lowest BCUT2D eigenvalue weighted by atomic mass is 9.68. The second-order valence-electron chi connectivity index (χ2n) is 25.3. The van der Waals surface area contributed by atoms with Gasteiger partial charge >= 0.3 is 0 Å². The molecule has 18 nitrogen and oxygen atoms in total. The number of anilines is 2. The minimum atomic E-state index is -4.94. The number of non-ortho nitro benzene ring substituents is 2. The van der Waals surface area contributed by atoms with Gasteiger partial charge in [0, 0.05) is 118 Å². The Kier molecular flexibility index (Phi) is 17.2. The fourth-order valence-corrected chi connectivity index (χ4v) is 15.7. The summed E-state index contributed by atoms with van der Waals surface area (Å²) in [5.74, 6) is 0. The molecule has 4 heterocycles. The van der Waals surface area contributed by atoms with Crippen LogP contribution in [-0.4, -0.2) is 44.5 Å². The first-order valence-corrected chi connectivity index (χ1v) is 32.6. The maximum Gasteiger partial charge on any atom is 0.269 e. The van der Waals surface area contributed by atoms with Crippen LogP contribution in [0.15, 0.2) is 181 Å². The van der Waals surface area contributed by atoms with Crippen molar-refractivity contribution in [2.24, 2.45) is 0 Å². The molecule has 7 aromatic carbocycles. The molecule has 466 valence electrons. The summed E-state index contributed by atoms with van der Waals surface area (Å²) in [5.41, 5.74) is 15.9. The van der Waals surface area contributed by atoms with Gasteiger partial charge in [-0.05, 0) is 122 Å². The van der Waals surface area contributed by atoms with Crippen LogP contribution in [0.1, 0.15) is 125 Å². The zero-order valence-electron chi connectivity index (χ0n) is 51.0. The van der Waals surface area contributed by atoms with E-state index in [0.29, 0.717) is 13.1 Å². The normalized spacial score (nSPS) is 19.4. The Labute approximate surface area is 526 Å². The minimum absolute atomic E-state index is 0.158. The highest BCUT2D eigenvalue weighted by molar-refractivity contribution is 6.09. The quantitative estimate of drug-likeness (QED) is 0.0755. The van der Waals surface area contributed by atoms with E-state index in [1.165, 1.54) is 90.8 Å². The van der Waals surface area contributed by atoms with Crippen molar-refractivity contribution in [1.82, 2.24) is 0 Å². The number of halogens is 2. The predicted octanol–water partition coefficient (Wildman–Crippen LogP) is 7.03. The zero-order valence-corrected chi connectivity index (χ0v) is 52.5. The number of nitro groups is 2. The van der Waals surface area contributed by atoms with E-state index in [-0.39, 0.29) is 42.9 Å². The molecule has 4 aliphatic heterocycles. The van der Waals surface area contributed by atoms with Crippen LogP contribution in [0.25, 0.3) is 21.5 Å². The molecule has 2 saturated carbocycles. The maximum atomic E-state index is 12.0. The Morgan fingerprint density at radius 2 is 0.822 bits per heavy atom. The first-order chi connectivity index (χ1) is 42.6. The minimum Gasteiger partial charge on any atom is -0.347 e. The summed E-state index contributed by atoms with van der Waals surface area (Å²) in [7, 11) is -5.64. The van der Waals surface area contributed by atoms with E-state index in [1.807, 2.05) is 24.3 Å². The van der Waals surface area contributed by atoms with E-state index in [9.17, 15) is 20.2 Å². The lowest BCUT2D eigenvalue weighted by molar-refractivity contribution is -2.00. The first-order valence-electron chi connectivity index (χ1n) is 30.1. The van der Waals surface area contributed by atoms with E-state index in [0.717, 1.165) is 73.9 Å². The van der Waals surface area contributed by atoms with E-state index < -0.39 is 20.5 Å². The SMILES string of the molecule is CN1/C(=C/C=C/C2=[N+](Cc3ccc(C[N+]4=C(/C=C/C=C5/N(C)c6ccc([N+](=O)[O-])cc6C56CCCCC6)C(C)(C)c5c4ccc4ccccc54)cc3)c3ccc4ccccc4c3C2(C)C)C2(CCCCC2)c2cc([N+](=O)[O-])ccc21.[O-][Cl+3]([O-])([O-])[O-].[O-][Cl+3]([O-])([O-])[O-]. The molecule has 0 atom stereocenters. The number of rotatable bonds is 10. The summed E-state index contributed by atoms with van der Waals surface area (Å²) in [6.45, 7) is 10.8. The zero-order chi connectivity index (χ0) is 64.3. The van der Waals surface area contributed by atoms with Crippen molar-refractivity contribution in [3.05, 3.63) is 235 Å². The molecule has 0 radical (unpaired) electrons. The second-order valence-corrected chi connectivity index (χ2v) is 26.8. The summed E-state index contributed by atoms with van der Waals surface area (Å²) in [6.07, 6.45) is 24.4. The maximum absolute atomic E-state index is 12.0. The Bertz CT molecular complexity index is 3920. The average Bonchev–Trinajstić information content (AvgIpc) is 1.62. The van der Waals surface area contributed by atoms with Gasteiger partial charge in [0.25, 0.3) is 11.4 Å². The first kappa shape index (κ1) is 63.6. The molecule has 90 heavy (non-hydrogen) atoms. The Morgan fingerprint density at radius 1 is 0.478 bits per heavy atom. The molecule has 6 aliphatic rings. The fraction of sp³-hybridized carbons (Fsp3) is 0.314. The molecule has 0 N–H and O–H groups in total.